The van der Waals surface area contributed by atoms with Crippen molar-refractivity contribution in [2.75, 3.05) is 27.7 Å². The van der Waals surface area contributed by atoms with Gasteiger partial charge in [0, 0.05) is 6.42 Å². The quantitative estimate of drug-likeness (QED) is 0.349. The van der Waals surface area contributed by atoms with Crippen molar-refractivity contribution in [1.82, 2.24) is 0 Å². The fourth-order valence-corrected chi connectivity index (χ4v) is 1.30. The van der Waals surface area contributed by atoms with Crippen LogP contribution in [0.1, 0.15) is 19.3 Å². The number of hydrogen-bond acceptors (Lipinski definition) is 5. The van der Waals surface area contributed by atoms with Gasteiger partial charge in [-0.1, -0.05) is 0 Å². The molecular weight excluding hydrogens is 284 g/mol. The normalized spacial score (nSPS) is 13.6. The highest BCUT2D eigenvalue weighted by Gasteiger charge is 2.17. The van der Waals surface area contributed by atoms with Crippen LogP contribution in [0.3, 0.4) is 0 Å². The van der Waals surface area contributed by atoms with Gasteiger partial charge in [0.15, 0.2) is 0 Å². The Morgan fingerprint density at radius 2 is 1.52 bits per heavy atom. The summed E-state index contributed by atoms with van der Waals surface area (Å²) in [5.41, 5.74) is 5.00. The fourth-order valence-electron chi connectivity index (χ4n) is 1.30. The first-order valence-corrected chi connectivity index (χ1v) is 6.25. The maximum atomic E-state index is 10.1. The Morgan fingerprint density at radius 1 is 1.05 bits per heavy atom. The molecule has 0 bridgehead atoms. The van der Waals surface area contributed by atoms with E-state index in [0.29, 0.717) is 11.0 Å². The van der Waals surface area contributed by atoms with E-state index in [1.807, 2.05) is 21.1 Å². The van der Waals surface area contributed by atoms with Crippen LogP contribution in [0.15, 0.2) is 0 Å². The lowest BCUT2D eigenvalue weighted by Gasteiger charge is -2.25. The van der Waals surface area contributed by atoms with Crippen LogP contribution in [-0.2, 0) is 14.4 Å². The second-order valence-corrected chi connectivity index (χ2v) is 5.60. The van der Waals surface area contributed by atoms with Crippen molar-refractivity contribution in [2.24, 2.45) is 5.73 Å². The lowest BCUT2D eigenvalue weighted by Crippen LogP contribution is -2.42. The summed E-state index contributed by atoms with van der Waals surface area (Å²) in [6.07, 6.45) is -1.14. The third-order valence-corrected chi connectivity index (χ3v) is 2.16. The molecule has 0 fully saturated rings. The molecule has 0 radical (unpaired) electrons. The van der Waals surface area contributed by atoms with Gasteiger partial charge in [-0.2, -0.15) is 0 Å². The number of carbonyl (C=O) groups is 3. The number of rotatable bonds is 8. The number of likely N-dealkylation sites (N-methyl/N-ethyl adjacent to an activating group) is 1. The second kappa shape index (κ2) is 10.1. The summed E-state index contributed by atoms with van der Waals surface area (Å²) in [4.78, 5) is 30.0. The van der Waals surface area contributed by atoms with E-state index in [1.165, 1.54) is 0 Å². The van der Waals surface area contributed by atoms with Gasteiger partial charge in [-0.3, -0.25) is 14.4 Å². The van der Waals surface area contributed by atoms with Gasteiger partial charge >= 0.3 is 17.9 Å². The number of carboxylic acid groups (broad SMARTS) is 3. The van der Waals surface area contributed by atoms with Gasteiger partial charge in [0.1, 0.15) is 18.7 Å². The smallest absolute Gasteiger partial charge is 0.320 e. The Labute approximate surface area is 123 Å². The molecule has 1 unspecified atom stereocenters. The van der Waals surface area contributed by atoms with Crippen LogP contribution in [0.2, 0.25) is 0 Å². The minimum atomic E-state index is -1.17. The number of quaternary nitrogens is 1. The summed E-state index contributed by atoms with van der Waals surface area (Å²) in [6.45, 7) is 0.465. The molecule has 0 aliphatic carbocycles. The largest absolute Gasteiger partial charge is 0.481 e. The van der Waals surface area contributed by atoms with Gasteiger partial charge in [-0.05, 0) is 6.42 Å². The molecule has 0 aromatic heterocycles. The minimum absolute atomic E-state index is 0.0231. The average molecular weight is 309 g/mol. The fraction of sp³-hybridized carbons (Fsp3) is 0.750. The van der Waals surface area contributed by atoms with Crippen molar-refractivity contribution in [1.29, 1.82) is 0 Å². The zero-order valence-corrected chi connectivity index (χ0v) is 12.5. The molecular formula is C12H25N2O7+. The Hall–Kier alpha value is -1.71. The summed E-state index contributed by atoms with van der Waals surface area (Å²) in [6, 6.07) is -1.06. The molecule has 0 aromatic rings. The molecule has 0 amide bonds. The summed E-state index contributed by atoms with van der Waals surface area (Å²) < 4.78 is 0.578. The predicted octanol–water partition coefficient (Wildman–Crippen LogP) is -1.21. The van der Waals surface area contributed by atoms with E-state index in [1.54, 1.807) is 0 Å². The van der Waals surface area contributed by atoms with Gasteiger partial charge in [0.2, 0.25) is 0 Å². The predicted molar refractivity (Wildman–Crippen MR) is 73.6 cm³/mol. The van der Waals surface area contributed by atoms with Crippen molar-refractivity contribution >= 4 is 17.9 Å². The summed E-state index contributed by atoms with van der Waals surface area (Å²) in [5, 5.41) is 33.7. The van der Waals surface area contributed by atoms with E-state index in [9.17, 15) is 14.4 Å². The van der Waals surface area contributed by atoms with Crippen LogP contribution < -0.4 is 5.73 Å². The second-order valence-electron chi connectivity index (χ2n) is 5.60. The minimum Gasteiger partial charge on any atom is -0.481 e. The number of nitrogens with two attached hydrogens (primary N) is 1. The number of aliphatic hydroxyl groups excluding tert-OH is 1. The monoisotopic (exact) mass is 309 g/mol. The third kappa shape index (κ3) is 18.3. The number of carboxylic acids is 3. The molecule has 0 aliphatic heterocycles. The van der Waals surface area contributed by atoms with E-state index < -0.39 is 30.1 Å². The van der Waals surface area contributed by atoms with Crippen LogP contribution in [0.4, 0.5) is 0 Å². The Kier molecular flexibility index (Phi) is 10.4. The number of aliphatic hydroxyl groups is 1. The van der Waals surface area contributed by atoms with Crippen molar-refractivity contribution in [3.8, 4) is 0 Å². The van der Waals surface area contributed by atoms with Crippen molar-refractivity contribution in [2.45, 2.75) is 31.4 Å². The van der Waals surface area contributed by atoms with Gasteiger partial charge in [-0.25, -0.2) is 0 Å². The molecule has 0 saturated heterocycles. The molecule has 0 spiro atoms. The topological polar surface area (TPSA) is 158 Å². The van der Waals surface area contributed by atoms with Crippen LogP contribution in [0.25, 0.3) is 0 Å². The first kappa shape index (κ1) is 21.6. The van der Waals surface area contributed by atoms with E-state index in [0.717, 1.165) is 0 Å². The van der Waals surface area contributed by atoms with Gasteiger partial charge in [0.25, 0.3) is 0 Å². The highest BCUT2D eigenvalue weighted by Crippen LogP contribution is 1.98. The van der Waals surface area contributed by atoms with Crippen LogP contribution in [0, 0.1) is 0 Å². The molecule has 0 aromatic carbocycles. The van der Waals surface area contributed by atoms with Crippen molar-refractivity contribution in [3.63, 3.8) is 0 Å². The molecule has 124 valence electrons. The maximum Gasteiger partial charge on any atom is 0.320 e. The van der Waals surface area contributed by atoms with Gasteiger partial charge in [0.05, 0.1) is 27.6 Å². The Balaban J connectivity index is 0. The van der Waals surface area contributed by atoms with Crippen LogP contribution in [0.5, 0.6) is 0 Å². The molecule has 0 saturated carbocycles. The molecule has 21 heavy (non-hydrogen) atoms. The molecule has 9 nitrogen and oxygen atoms in total. The standard InChI is InChI=1S/C7H15NO3.C5H9NO4/c1-8(2,3)5-6(9)4-7(10)11;6-3(5(9)10)1-2-4(7)8/h6,9H,4-5H2,1-3H3;3H,1-2,6H2,(H,7,8)(H,9,10)/p+1/t6-;/m0./s1. The molecule has 0 aliphatic rings. The van der Waals surface area contributed by atoms with Crippen LogP contribution >= 0.6 is 0 Å². The third-order valence-electron chi connectivity index (χ3n) is 2.16. The summed E-state index contributed by atoms with van der Waals surface area (Å²) in [7, 11) is 5.72. The highest BCUT2D eigenvalue weighted by molar-refractivity contribution is 5.74. The maximum absolute atomic E-state index is 10.1. The van der Waals surface area contributed by atoms with Crippen molar-refractivity contribution < 1.29 is 39.3 Å². The van der Waals surface area contributed by atoms with E-state index in [-0.39, 0.29) is 19.3 Å². The van der Waals surface area contributed by atoms with Gasteiger partial charge < -0.3 is 30.6 Å². The van der Waals surface area contributed by atoms with Gasteiger partial charge in [-0.15, -0.1) is 0 Å². The van der Waals surface area contributed by atoms with E-state index >= 15 is 0 Å². The Bertz CT molecular complexity index is 352. The SMILES string of the molecule is C[N+](C)(C)C[C@@H](O)CC(=O)O.NC(CCC(=O)O)C(=O)O. The summed E-state index contributed by atoms with van der Waals surface area (Å²) in [5.74, 6) is -3.15. The highest BCUT2D eigenvalue weighted by atomic mass is 16.4. The zero-order chi connectivity index (χ0) is 17.2. The molecule has 0 heterocycles. The lowest BCUT2D eigenvalue weighted by atomic mass is 10.2. The first-order chi connectivity index (χ1) is 9.35. The number of aliphatic carboxylic acids is 3. The molecule has 9 heteroatoms. The summed E-state index contributed by atoms with van der Waals surface area (Å²) >= 11 is 0. The number of hydrogen-bond donors (Lipinski definition) is 5. The molecule has 2 atom stereocenters. The van der Waals surface area contributed by atoms with E-state index in [4.69, 9.17) is 26.2 Å². The Morgan fingerprint density at radius 3 is 1.81 bits per heavy atom. The molecule has 6 N–H and O–H groups in total. The average Bonchev–Trinajstić information content (AvgIpc) is 2.22. The van der Waals surface area contributed by atoms with Crippen LogP contribution in [-0.4, -0.2) is 82.7 Å². The lowest BCUT2D eigenvalue weighted by molar-refractivity contribution is -0.873. The van der Waals surface area contributed by atoms with Crippen molar-refractivity contribution in [3.05, 3.63) is 0 Å². The number of nitrogens with zero attached hydrogens (tertiary/aromatic N) is 1. The molecule has 0 rings (SSSR count). The first-order valence-electron chi connectivity index (χ1n) is 6.25. The zero-order valence-electron chi connectivity index (χ0n) is 12.5. The van der Waals surface area contributed by atoms with E-state index in [2.05, 4.69) is 0 Å².